The van der Waals surface area contributed by atoms with Crippen LogP contribution in [0.15, 0.2) is 57.9 Å². The Morgan fingerprint density at radius 2 is 2.10 bits per heavy atom. The van der Waals surface area contributed by atoms with Crippen LogP contribution in [0.4, 0.5) is 5.69 Å². The van der Waals surface area contributed by atoms with Crippen molar-refractivity contribution in [3.05, 3.63) is 74.7 Å². The summed E-state index contributed by atoms with van der Waals surface area (Å²) in [6, 6.07) is 13.2. The summed E-state index contributed by atoms with van der Waals surface area (Å²) in [5, 5.41) is 3.29. The van der Waals surface area contributed by atoms with E-state index in [0.29, 0.717) is 12.2 Å². The quantitative estimate of drug-likeness (QED) is 0.792. The molecule has 106 valence electrons. The fourth-order valence-electron chi connectivity index (χ4n) is 2.22. The highest BCUT2D eigenvalue weighted by Crippen LogP contribution is 2.19. The number of aryl methyl sites for hydroxylation is 1. The number of halogens is 1. The zero-order chi connectivity index (χ0) is 14.8. The molecule has 5 heteroatoms. The van der Waals surface area contributed by atoms with Gasteiger partial charge in [0.05, 0.1) is 12.2 Å². The number of benzene rings is 1. The Balaban J connectivity index is 1.86. The van der Waals surface area contributed by atoms with Crippen molar-refractivity contribution >= 4 is 27.3 Å². The van der Waals surface area contributed by atoms with Crippen LogP contribution >= 0.6 is 15.9 Å². The van der Waals surface area contributed by atoms with Gasteiger partial charge in [-0.1, -0.05) is 22.0 Å². The molecule has 1 N–H and O–H groups in total. The van der Waals surface area contributed by atoms with Crippen LogP contribution in [-0.4, -0.2) is 9.38 Å². The molecular weight excluding hydrogens is 330 g/mol. The fraction of sp³-hybridized carbons (Fsp3) is 0.125. The monoisotopic (exact) mass is 343 g/mol. The summed E-state index contributed by atoms with van der Waals surface area (Å²) in [4.78, 5) is 16.5. The summed E-state index contributed by atoms with van der Waals surface area (Å²) >= 11 is 3.47. The van der Waals surface area contributed by atoms with Gasteiger partial charge in [-0.25, -0.2) is 4.98 Å². The predicted molar refractivity (Wildman–Crippen MR) is 87.7 cm³/mol. The lowest BCUT2D eigenvalue weighted by atomic mass is 10.2. The van der Waals surface area contributed by atoms with Crippen LogP contribution in [0.5, 0.6) is 0 Å². The van der Waals surface area contributed by atoms with Crippen molar-refractivity contribution in [2.45, 2.75) is 13.5 Å². The molecule has 0 saturated carbocycles. The summed E-state index contributed by atoms with van der Waals surface area (Å²) in [7, 11) is 0. The highest BCUT2D eigenvalue weighted by molar-refractivity contribution is 9.10. The number of pyridine rings is 1. The van der Waals surface area contributed by atoms with Gasteiger partial charge >= 0.3 is 0 Å². The molecule has 0 radical (unpaired) electrons. The van der Waals surface area contributed by atoms with E-state index in [-0.39, 0.29) is 5.56 Å². The normalized spacial score (nSPS) is 10.8. The Morgan fingerprint density at radius 3 is 2.90 bits per heavy atom. The van der Waals surface area contributed by atoms with Crippen molar-refractivity contribution in [1.29, 1.82) is 0 Å². The minimum Gasteiger partial charge on any atom is -0.379 e. The van der Waals surface area contributed by atoms with Crippen LogP contribution in [0.3, 0.4) is 0 Å². The smallest absolute Gasteiger partial charge is 0.258 e. The largest absolute Gasteiger partial charge is 0.379 e. The first-order valence-electron chi connectivity index (χ1n) is 6.60. The predicted octanol–water partition coefficient (Wildman–Crippen LogP) is 3.38. The van der Waals surface area contributed by atoms with Crippen molar-refractivity contribution in [1.82, 2.24) is 9.38 Å². The highest BCUT2D eigenvalue weighted by atomic mass is 79.9. The van der Waals surface area contributed by atoms with Gasteiger partial charge in [-0.2, -0.15) is 0 Å². The van der Waals surface area contributed by atoms with Crippen LogP contribution in [0.1, 0.15) is 11.3 Å². The summed E-state index contributed by atoms with van der Waals surface area (Å²) in [6.07, 6.45) is 1.72. The van der Waals surface area contributed by atoms with Crippen molar-refractivity contribution in [2.75, 3.05) is 5.32 Å². The summed E-state index contributed by atoms with van der Waals surface area (Å²) in [5.74, 6) is 0. The van der Waals surface area contributed by atoms with E-state index in [0.717, 1.165) is 15.9 Å². The first-order valence-corrected chi connectivity index (χ1v) is 7.39. The number of rotatable bonds is 3. The maximum Gasteiger partial charge on any atom is 0.258 e. The molecule has 21 heavy (non-hydrogen) atoms. The zero-order valence-corrected chi connectivity index (χ0v) is 13.1. The molecule has 3 rings (SSSR count). The molecule has 0 bridgehead atoms. The molecule has 0 aliphatic rings. The molecule has 4 nitrogen and oxygen atoms in total. The van der Waals surface area contributed by atoms with E-state index in [2.05, 4.69) is 32.3 Å². The van der Waals surface area contributed by atoms with Crippen molar-refractivity contribution in [3.63, 3.8) is 0 Å². The molecule has 0 aliphatic carbocycles. The van der Waals surface area contributed by atoms with Crippen molar-refractivity contribution in [2.24, 2.45) is 0 Å². The fourth-order valence-corrected chi connectivity index (χ4v) is 2.83. The molecule has 0 aliphatic heterocycles. The van der Waals surface area contributed by atoms with Crippen LogP contribution in [-0.2, 0) is 6.54 Å². The van der Waals surface area contributed by atoms with Gasteiger partial charge in [0, 0.05) is 22.4 Å². The molecule has 2 heterocycles. The molecule has 0 saturated heterocycles. The maximum atomic E-state index is 12.0. The molecule has 0 amide bonds. The summed E-state index contributed by atoms with van der Waals surface area (Å²) in [5.41, 5.74) is 3.48. The van der Waals surface area contributed by atoms with Gasteiger partial charge in [-0.05, 0) is 42.8 Å². The highest BCUT2D eigenvalue weighted by Gasteiger charge is 2.02. The molecule has 0 unspecified atom stereocenters. The second kappa shape index (κ2) is 5.69. The lowest BCUT2D eigenvalue weighted by molar-refractivity contribution is 0.971. The average molecular weight is 344 g/mol. The minimum absolute atomic E-state index is 0.0668. The standard InChI is InChI=1S/C16H14BrN3O/c1-11-6-12(17)8-13(7-11)18-10-14-9-16(21)20-5-3-2-4-15(20)19-14/h2-9,18H,10H2,1H3. The van der Waals surface area contributed by atoms with E-state index in [9.17, 15) is 4.79 Å². The third kappa shape index (κ3) is 3.13. The molecule has 0 spiro atoms. The minimum atomic E-state index is -0.0668. The van der Waals surface area contributed by atoms with Crippen molar-refractivity contribution in [3.8, 4) is 0 Å². The molecule has 0 atom stereocenters. The number of anilines is 1. The molecule has 3 aromatic rings. The third-order valence-electron chi connectivity index (χ3n) is 3.14. The third-order valence-corrected chi connectivity index (χ3v) is 3.60. The molecule has 2 aromatic heterocycles. The van der Waals surface area contributed by atoms with Gasteiger partial charge in [-0.3, -0.25) is 9.20 Å². The van der Waals surface area contributed by atoms with Gasteiger partial charge < -0.3 is 5.32 Å². The van der Waals surface area contributed by atoms with E-state index in [1.165, 1.54) is 9.96 Å². The second-order valence-electron chi connectivity index (χ2n) is 4.89. The number of hydrogen-bond donors (Lipinski definition) is 1. The topological polar surface area (TPSA) is 46.4 Å². The number of aromatic nitrogens is 2. The van der Waals surface area contributed by atoms with Crippen LogP contribution < -0.4 is 10.9 Å². The zero-order valence-electron chi connectivity index (χ0n) is 11.5. The van der Waals surface area contributed by atoms with Gasteiger partial charge in [0.1, 0.15) is 5.65 Å². The first-order chi connectivity index (χ1) is 10.1. The molecule has 0 fully saturated rings. The number of hydrogen-bond acceptors (Lipinski definition) is 3. The van der Waals surface area contributed by atoms with E-state index in [1.807, 2.05) is 37.3 Å². The SMILES string of the molecule is Cc1cc(Br)cc(NCc2cc(=O)n3ccccc3n2)c1. The van der Waals surface area contributed by atoms with Gasteiger partial charge in [0.25, 0.3) is 5.56 Å². The number of nitrogens with zero attached hydrogens (tertiary/aromatic N) is 2. The van der Waals surface area contributed by atoms with E-state index >= 15 is 0 Å². The Hall–Kier alpha value is -2.14. The molecular formula is C16H14BrN3O. The van der Waals surface area contributed by atoms with Gasteiger partial charge in [-0.15, -0.1) is 0 Å². The van der Waals surface area contributed by atoms with E-state index in [4.69, 9.17) is 0 Å². The average Bonchev–Trinajstić information content (AvgIpc) is 2.44. The Bertz CT molecular complexity index is 837. The van der Waals surface area contributed by atoms with Gasteiger partial charge in [0.2, 0.25) is 0 Å². The second-order valence-corrected chi connectivity index (χ2v) is 5.80. The number of fused-ring (bicyclic) bond motifs is 1. The first kappa shape index (κ1) is 13.8. The van der Waals surface area contributed by atoms with E-state index in [1.54, 1.807) is 12.3 Å². The lowest BCUT2D eigenvalue weighted by Gasteiger charge is -2.08. The Morgan fingerprint density at radius 1 is 1.24 bits per heavy atom. The molecule has 1 aromatic carbocycles. The van der Waals surface area contributed by atoms with Crippen LogP contribution in [0, 0.1) is 6.92 Å². The Kier molecular flexibility index (Phi) is 3.75. The Labute approximate surface area is 130 Å². The van der Waals surface area contributed by atoms with E-state index < -0.39 is 0 Å². The van der Waals surface area contributed by atoms with Crippen LogP contribution in [0.2, 0.25) is 0 Å². The summed E-state index contributed by atoms with van der Waals surface area (Å²) < 4.78 is 2.56. The lowest BCUT2D eigenvalue weighted by Crippen LogP contribution is -2.16. The summed E-state index contributed by atoms with van der Waals surface area (Å²) in [6.45, 7) is 2.55. The van der Waals surface area contributed by atoms with Gasteiger partial charge in [0.15, 0.2) is 0 Å². The van der Waals surface area contributed by atoms with Crippen molar-refractivity contribution < 1.29 is 0 Å². The van der Waals surface area contributed by atoms with Crippen LogP contribution in [0.25, 0.3) is 5.65 Å². The maximum absolute atomic E-state index is 12.0. The number of nitrogens with one attached hydrogen (secondary N) is 1.